The quantitative estimate of drug-likeness (QED) is 0.713. The van der Waals surface area contributed by atoms with Crippen molar-refractivity contribution in [3.05, 3.63) is 47.8 Å². The molecule has 24 heavy (non-hydrogen) atoms. The number of nitrogens with one attached hydrogen (secondary N) is 2. The lowest BCUT2D eigenvalue weighted by Gasteiger charge is -2.14. The highest BCUT2D eigenvalue weighted by atomic mass is 16.1. The molecule has 0 fully saturated rings. The molecule has 2 heterocycles. The van der Waals surface area contributed by atoms with Crippen molar-refractivity contribution in [2.75, 3.05) is 0 Å². The molecule has 3 rings (SSSR count). The van der Waals surface area contributed by atoms with E-state index in [0.29, 0.717) is 18.7 Å². The minimum Gasteiger partial charge on any atom is -0.350 e. The second-order valence-corrected chi connectivity index (χ2v) is 5.67. The van der Waals surface area contributed by atoms with Gasteiger partial charge in [0.2, 0.25) is 11.7 Å². The first-order valence-electron chi connectivity index (χ1n) is 7.72. The standard InChI is InChI=1S/C16H19N7O/c1-11(18-15(24)8-3-12-9-17-23(2)10-12)13-4-6-14(7-5-13)16-19-21-22-20-16/h4-7,9-11H,3,8H2,1-2H3,(H,18,24)(H,19,20,21,22). The molecule has 0 saturated heterocycles. The summed E-state index contributed by atoms with van der Waals surface area (Å²) in [5, 5.41) is 21.0. The Bertz CT molecular complexity index is 792. The summed E-state index contributed by atoms with van der Waals surface area (Å²) in [6, 6.07) is 7.68. The Balaban J connectivity index is 1.54. The Labute approximate surface area is 139 Å². The number of tetrazole rings is 1. The summed E-state index contributed by atoms with van der Waals surface area (Å²) >= 11 is 0. The Hall–Kier alpha value is -3.03. The molecule has 1 unspecified atom stereocenters. The van der Waals surface area contributed by atoms with Crippen LogP contribution in [-0.4, -0.2) is 36.3 Å². The van der Waals surface area contributed by atoms with Gasteiger partial charge in [0, 0.05) is 25.2 Å². The van der Waals surface area contributed by atoms with Crippen molar-refractivity contribution in [1.82, 2.24) is 35.7 Å². The van der Waals surface area contributed by atoms with E-state index >= 15 is 0 Å². The van der Waals surface area contributed by atoms with Gasteiger partial charge in [0.15, 0.2) is 0 Å². The maximum absolute atomic E-state index is 12.1. The van der Waals surface area contributed by atoms with Gasteiger partial charge >= 0.3 is 0 Å². The third kappa shape index (κ3) is 3.83. The molecule has 1 atom stereocenters. The second-order valence-electron chi connectivity index (χ2n) is 5.67. The van der Waals surface area contributed by atoms with Gasteiger partial charge in [-0.2, -0.15) is 10.3 Å². The van der Waals surface area contributed by atoms with E-state index in [2.05, 4.69) is 31.0 Å². The van der Waals surface area contributed by atoms with Crippen molar-refractivity contribution in [2.24, 2.45) is 7.05 Å². The van der Waals surface area contributed by atoms with Crippen molar-refractivity contribution in [2.45, 2.75) is 25.8 Å². The Kier molecular flexibility index (Phi) is 4.64. The first-order chi connectivity index (χ1) is 11.6. The van der Waals surface area contributed by atoms with E-state index in [9.17, 15) is 4.79 Å². The minimum absolute atomic E-state index is 0.0218. The van der Waals surface area contributed by atoms with E-state index in [4.69, 9.17) is 0 Å². The monoisotopic (exact) mass is 325 g/mol. The molecule has 1 amide bonds. The van der Waals surface area contributed by atoms with Crippen LogP contribution in [0.5, 0.6) is 0 Å². The van der Waals surface area contributed by atoms with Gasteiger partial charge in [-0.05, 0) is 29.7 Å². The molecule has 0 aliphatic heterocycles. The zero-order valence-corrected chi connectivity index (χ0v) is 13.6. The van der Waals surface area contributed by atoms with Crippen LogP contribution >= 0.6 is 0 Å². The van der Waals surface area contributed by atoms with Gasteiger partial charge < -0.3 is 5.32 Å². The number of carbonyl (C=O) groups excluding carboxylic acids is 1. The van der Waals surface area contributed by atoms with Crippen LogP contribution in [0.3, 0.4) is 0 Å². The molecular weight excluding hydrogens is 306 g/mol. The summed E-state index contributed by atoms with van der Waals surface area (Å²) in [4.78, 5) is 12.1. The van der Waals surface area contributed by atoms with Crippen LogP contribution in [-0.2, 0) is 18.3 Å². The van der Waals surface area contributed by atoms with Crippen molar-refractivity contribution in [3.8, 4) is 11.4 Å². The van der Waals surface area contributed by atoms with E-state index in [-0.39, 0.29) is 11.9 Å². The number of aromatic nitrogens is 6. The summed E-state index contributed by atoms with van der Waals surface area (Å²) in [7, 11) is 1.86. The number of hydrogen-bond donors (Lipinski definition) is 2. The van der Waals surface area contributed by atoms with Crippen LogP contribution in [0.2, 0.25) is 0 Å². The minimum atomic E-state index is -0.0642. The number of hydrogen-bond acceptors (Lipinski definition) is 5. The summed E-state index contributed by atoms with van der Waals surface area (Å²) in [6.07, 6.45) is 4.83. The first-order valence-corrected chi connectivity index (χ1v) is 7.72. The molecule has 0 spiro atoms. The van der Waals surface area contributed by atoms with Crippen LogP contribution in [0.4, 0.5) is 0 Å². The zero-order chi connectivity index (χ0) is 16.9. The third-order valence-electron chi connectivity index (χ3n) is 3.79. The molecule has 8 heteroatoms. The molecule has 0 saturated carbocycles. The number of rotatable bonds is 6. The zero-order valence-electron chi connectivity index (χ0n) is 13.6. The van der Waals surface area contributed by atoms with Gasteiger partial charge in [-0.15, -0.1) is 10.2 Å². The van der Waals surface area contributed by atoms with Crippen molar-refractivity contribution in [3.63, 3.8) is 0 Å². The van der Waals surface area contributed by atoms with Crippen LogP contribution in [0.25, 0.3) is 11.4 Å². The number of benzene rings is 1. The van der Waals surface area contributed by atoms with E-state index in [1.165, 1.54) is 0 Å². The topological polar surface area (TPSA) is 101 Å². The SMILES string of the molecule is CC(NC(=O)CCc1cnn(C)c1)c1ccc(-c2nn[nH]n2)cc1. The van der Waals surface area contributed by atoms with Crippen LogP contribution < -0.4 is 5.32 Å². The average molecular weight is 325 g/mol. The summed E-state index contributed by atoms with van der Waals surface area (Å²) in [5.74, 6) is 0.573. The average Bonchev–Trinajstić information content (AvgIpc) is 3.25. The molecule has 2 aromatic heterocycles. The summed E-state index contributed by atoms with van der Waals surface area (Å²) in [6.45, 7) is 1.96. The van der Waals surface area contributed by atoms with Crippen molar-refractivity contribution in [1.29, 1.82) is 0 Å². The number of carbonyl (C=O) groups is 1. The van der Waals surface area contributed by atoms with Crippen molar-refractivity contribution >= 4 is 5.91 Å². The maximum Gasteiger partial charge on any atom is 0.220 e. The van der Waals surface area contributed by atoms with E-state index in [0.717, 1.165) is 16.7 Å². The first kappa shape index (κ1) is 15.9. The second kappa shape index (κ2) is 7.03. The molecule has 1 aromatic carbocycles. The van der Waals surface area contributed by atoms with Crippen molar-refractivity contribution < 1.29 is 4.79 Å². The Morgan fingerprint density at radius 3 is 2.75 bits per heavy atom. The molecule has 0 bridgehead atoms. The normalized spacial score (nSPS) is 12.1. The Morgan fingerprint density at radius 1 is 1.33 bits per heavy atom. The van der Waals surface area contributed by atoms with E-state index in [1.54, 1.807) is 10.9 Å². The fourth-order valence-electron chi connectivity index (χ4n) is 2.46. The number of nitrogens with zero attached hydrogens (tertiary/aromatic N) is 5. The van der Waals surface area contributed by atoms with Gasteiger partial charge in [-0.1, -0.05) is 24.3 Å². The third-order valence-corrected chi connectivity index (χ3v) is 3.79. The lowest BCUT2D eigenvalue weighted by Crippen LogP contribution is -2.26. The molecule has 124 valence electrons. The molecule has 0 aliphatic rings. The number of aryl methyl sites for hydroxylation is 2. The summed E-state index contributed by atoms with van der Waals surface area (Å²) in [5.41, 5.74) is 2.96. The maximum atomic E-state index is 12.1. The number of amides is 1. The lowest BCUT2D eigenvalue weighted by molar-refractivity contribution is -0.121. The molecule has 0 aliphatic carbocycles. The molecule has 3 aromatic rings. The lowest BCUT2D eigenvalue weighted by atomic mass is 10.1. The van der Waals surface area contributed by atoms with Crippen LogP contribution in [0.1, 0.15) is 30.5 Å². The number of H-pyrrole nitrogens is 1. The van der Waals surface area contributed by atoms with Gasteiger partial charge in [0.1, 0.15) is 0 Å². The highest BCUT2D eigenvalue weighted by molar-refractivity contribution is 5.76. The van der Waals surface area contributed by atoms with Gasteiger partial charge in [-0.3, -0.25) is 9.48 Å². The van der Waals surface area contributed by atoms with E-state index in [1.807, 2.05) is 44.4 Å². The van der Waals surface area contributed by atoms with Crippen LogP contribution in [0.15, 0.2) is 36.7 Å². The van der Waals surface area contributed by atoms with Gasteiger partial charge in [0.25, 0.3) is 0 Å². The highest BCUT2D eigenvalue weighted by Crippen LogP contribution is 2.18. The highest BCUT2D eigenvalue weighted by Gasteiger charge is 2.11. The predicted octanol–water partition coefficient (Wildman–Crippen LogP) is 1.41. The fraction of sp³-hybridized carbons (Fsp3) is 0.312. The Morgan fingerprint density at radius 2 is 2.12 bits per heavy atom. The van der Waals surface area contributed by atoms with E-state index < -0.39 is 0 Å². The number of aromatic amines is 1. The smallest absolute Gasteiger partial charge is 0.220 e. The fourth-order valence-corrected chi connectivity index (χ4v) is 2.46. The molecule has 0 radical (unpaired) electrons. The van der Waals surface area contributed by atoms with Crippen LogP contribution in [0, 0.1) is 0 Å². The molecule has 2 N–H and O–H groups in total. The molecule has 8 nitrogen and oxygen atoms in total. The largest absolute Gasteiger partial charge is 0.350 e. The molecular formula is C16H19N7O. The summed E-state index contributed by atoms with van der Waals surface area (Å²) < 4.78 is 1.74. The van der Waals surface area contributed by atoms with Gasteiger partial charge in [0.05, 0.1) is 12.2 Å². The van der Waals surface area contributed by atoms with Gasteiger partial charge in [-0.25, -0.2) is 0 Å². The predicted molar refractivity (Wildman–Crippen MR) is 87.7 cm³/mol.